The lowest BCUT2D eigenvalue weighted by molar-refractivity contribution is 0.0662. The number of fused-ring (bicyclic) bond motifs is 3. The van der Waals surface area contributed by atoms with Crippen LogP contribution in [0.2, 0.25) is 5.02 Å². The molecule has 2 aromatic rings. The van der Waals surface area contributed by atoms with Crippen LogP contribution in [-0.4, -0.2) is 42.6 Å². The summed E-state index contributed by atoms with van der Waals surface area (Å²) >= 11 is 6.66. The molecule has 3 fully saturated rings. The van der Waals surface area contributed by atoms with Crippen LogP contribution in [0.25, 0.3) is 0 Å². The summed E-state index contributed by atoms with van der Waals surface area (Å²) in [6.07, 6.45) is 12.0. The van der Waals surface area contributed by atoms with Gasteiger partial charge in [-0.05, 0) is 99.9 Å². The number of carbonyl (C=O) groups excluding carboxylic acids is 1. The lowest BCUT2D eigenvalue weighted by Crippen LogP contribution is -2.43. The second-order valence-electron chi connectivity index (χ2n) is 11.1. The van der Waals surface area contributed by atoms with E-state index in [1.54, 1.807) is 0 Å². The summed E-state index contributed by atoms with van der Waals surface area (Å²) in [5.74, 6) is 8.22. The normalized spacial score (nSPS) is 26.0. The number of ether oxygens (including phenoxy) is 1. The minimum absolute atomic E-state index is 0.0262. The number of anilines is 1. The molecule has 36 heavy (non-hydrogen) atoms. The van der Waals surface area contributed by atoms with Crippen LogP contribution in [0.5, 0.6) is 5.75 Å². The molecular formula is C31H35ClN2O2. The Kier molecular flexibility index (Phi) is 6.71. The fourth-order valence-corrected chi connectivity index (χ4v) is 6.93. The molecule has 0 aromatic heterocycles. The van der Waals surface area contributed by atoms with Gasteiger partial charge in [0.05, 0.1) is 5.02 Å². The second kappa shape index (κ2) is 10.1. The molecule has 6 rings (SSSR count). The summed E-state index contributed by atoms with van der Waals surface area (Å²) < 4.78 is 6.34. The van der Waals surface area contributed by atoms with E-state index in [0.29, 0.717) is 23.7 Å². The molecule has 1 amide bonds. The first-order chi connectivity index (χ1) is 17.5. The number of halogens is 1. The topological polar surface area (TPSA) is 32.8 Å². The molecule has 0 unspecified atom stereocenters. The Morgan fingerprint density at radius 2 is 1.81 bits per heavy atom. The number of carbonyl (C=O) groups is 1. The third kappa shape index (κ3) is 4.76. The first-order valence-electron chi connectivity index (χ1n) is 13.7. The van der Waals surface area contributed by atoms with E-state index in [0.717, 1.165) is 59.7 Å². The van der Waals surface area contributed by atoms with Crippen molar-refractivity contribution in [2.24, 2.45) is 5.92 Å². The minimum Gasteiger partial charge on any atom is -0.489 e. The van der Waals surface area contributed by atoms with E-state index in [-0.39, 0.29) is 12.0 Å². The predicted octanol–water partition coefficient (Wildman–Crippen LogP) is 6.48. The molecule has 2 bridgehead atoms. The van der Waals surface area contributed by atoms with Gasteiger partial charge in [0.1, 0.15) is 11.9 Å². The Morgan fingerprint density at radius 1 is 1.03 bits per heavy atom. The summed E-state index contributed by atoms with van der Waals surface area (Å²) in [7, 11) is 2.24. The minimum atomic E-state index is 0.0262. The number of hydrogen-bond donors (Lipinski definition) is 0. The van der Waals surface area contributed by atoms with Crippen molar-refractivity contribution in [2.75, 3.05) is 18.5 Å². The van der Waals surface area contributed by atoms with Gasteiger partial charge < -0.3 is 14.5 Å². The fourth-order valence-electron chi connectivity index (χ4n) is 6.71. The average molecular weight is 503 g/mol. The van der Waals surface area contributed by atoms with Gasteiger partial charge in [-0.2, -0.15) is 0 Å². The standard InChI is InChI=1S/C31H35ClN2O2/c1-33-24-10-11-25(33)19-27(18-24)36-30-14-12-26(20-29(30)32)34-16-15-23-17-22(9-13-28(23)31(34)35)8-4-7-21-5-2-3-6-21/h9,12-14,17,20-21,24-25,27H,2-3,5-7,10-11,15-16,18-19H2,1H3/t24-,25+,27+. The van der Waals surface area contributed by atoms with Crippen LogP contribution in [-0.2, 0) is 6.42 Å². The van der Waals surface area contributed by atoms with Crippen molar-refractivity contribution in [3.8, 4) is 17.6 Å². The summed E-state index contributed by atoms with van der Waals surface area (Å²) in [4.78, 5) is 17.7. The van der Waals surface area contributed by atoms with Crippen molar-refractivity contribution in [1.82, 2.24) is 4.90 Å². The zero-order valence-electron chi connectivity index (χ0n) is 21.1. The van der Waals surface area contributed by atoms with E-state index in [2.05, 4.69) is 29.9 Å². The van der Waals surface area contributed by atoms with Gasteiger partial charge in [0.25, 0.3) is 5.91 Å². The van der Waals surface area contributed by atoms with E-state index < -0.39 is 0 Å². The van der Waals surface area contributed by atoms with Crippen LogP contribution >= 0.6 is 11.6 Å². The van der Waals surface area contributed by atoms with Gasteiger partial charge in [-0.15, -0.1) is 0 Å². The highest BCUT2D eigenvalue weighted by Gasteiger charge is 2.39. The Balaban J connectivity index is 1.12. The zero-order chi connectivity index (χ0) is 24.6. The lowest BCUT2D eigenvalue weighted by Gasteiger charge is -2.36. The molecule has 4 nitrogen and oxygen atoms in total. The van der Waals surface area contributed by atoms with Gasteiger partial charge in [-0.25, -0.2) is 0 Å². The molecule has 1 saturated carbocycles. The van der Waals surface area contributed by atoms with Gasteiger partial charge in [-0.1, -0.05) is 36.3 Å². The molecule has 1 aliphatic carbocycles. The highest BCUT2D eigenvalue weighted by atomic mass is 35.5. The maximum atomic E-state index is 13.4. The van der Waals surface area contributed by atoms with Crippen LogP contribution in [0.3, 0.4) is 0 Å². The largest absolute Gasteiger partial charge is 0.489 e. The van der Waals surface area contributed by atoms with Crippen LogP contribution in [0.4, 0.5) is 5.69 Å². The number of hydrogen-bond acceptors (Lipinski definition) is 3. The van der Waals surface area contributed by atoms with E-state index in [9.17, 15) is 4.79 Å². The summed E-state index contributed by atoms with van der Waals surface area (Å²) in [6.45, 7) is 0.639. The van der Waals surface area contributed by atoms with E-state index >= 15 is 0 Å². The van der Waals surface area contributed by atoms with E-state index in [4.69, 9.17) is 16.3 Å². The molecule has 0 radical (unpaired) electrons. The van der Waals surface area contributed by atoms with Crippen LogP contribution in [0.1, 0.15) is 79.3 Å². The molecule has 2 saturated heterocycles. The molecule has 3 atom stereocenters. The smallest absolute Gasteiger partial charge is 0.258 e. The van der Waals surface area contributed by atoms with Crippen LogP contribution in [0.15, 0.2) is 36.4 Å². The molecule has 3 aliphatic heterocycles. The first-order valence-corrected chi connectivity index (χ1v) is 14.0. The third-order valence-electron chi connectivity index (χ3n) is 8.86. The average Bonchev–Trinajstić information content (AvgIpc) is 3.45. The molecule has 0 N–H and O–H groups in total. The monoisotopic (exact) mass is 502 g/mol. The summed E-state index contributed by atoms with van der Waals surface area (Å²) in [6, 6.07) is 13.1. The lowest BCUT2D eigenvalue weighted by atomic mass is 9.96. The predicted molar refractivity (Wildman–Crippen MR) is 145 cm³/mol. The van der Waals surface area contributed by atoms with Crippen molar-refractivity contribution in [3.63, 3.8) is 0 Å². The first kappa shape index (κ1) is 23.9. The fraction of sp³-hybridized carbons (Fsp3) is 0.516. The number of amides is 1. The van der Waals surface area contributed by atoms with Crippen molar-refractivity contribution in [3.05, 3.63) is 58.1 Å². The van der Waals surface area contributed by atoms with Gasteiger partial charge in [0.15, 0.2) is 0 Å². The molecule has 2 aromatic carbocycles. The highest BCUT2D eigenvalue weighted by molar-refractivity contribution is 6.32. The van der Waals surface area contributed by atoms with Gasteiger partial charge in [0.2, 0.25) is 0 Å². The SMILES string of the molecule is CN1[C@@H]2CC[C@H]1C[C@@H](Oc1ccc(N3CCc4cc(C#CCC5CCCC5)ccc4C3=O)cc1Cl)C2. The van der Waals surface area contributed by atoms with Gasteiger partial charge >= 0.3 is 0 Å². The van der Waals surface area contributed by atoms with Crippen LogP contribution < -0.4 is 9.64 Å². The Bertz CT molecular complexity index is 1190. The summed E-state index contributed by atoms with van der Waals surface area (Å²) in [5.41, 5.74) is 3.69. The van der Waals surface area contributed by atoms with Crippen LogP contribution in [0, 0.1) is 17.8 Å². The molecular weight excluding hydrogens is 468 g/mol. The number of rotatable bonds is 4. The van der Waals surface area contributed by atoms with Crippen molar-refractivity contribution in [2.45, 2.75) is 82.4 Å². The van der Waals surface area contributed by atoms with E-state index in [1.165, 1.54) is 38.5 Å². The molecule has 4 aliphatic rings. The van der Waals surface area contributed by atoms with Gasteiger partial charge in [0, 0.05) is 41.9 Å². The summed E-state index contributed by atoms with van der Waals surface area (Å²) in [5, 5.41) is 0.574. The van der Waals surface area contributed by atoms with E-state index in [1.807, 2.05) is 35.2 Å². The molecule has 188 valence electrons. The number of benzene rings is 2. The van der Waals surface area contributed by atoms with Crippen molar-refractivity contribution in [1.29, 1.82) is 0 Å². The zero-order valence-corrected chi connectivity index (χ0v) is 21.9. The Labute approximate surface area is 219 Å². The van der Waals surface area contributed by atoms with Crippen molar-refractivity contribution < 1.29 is 9.53 Å². The van der Waals surface area contributed by atoms with Crippen molar-refractivity contribution >= 4 is 23.2 Å². The maximum Gasteiger partial charge on any atom is 0.258 e. The molecule has 5 heteroatoms. The molecule has 3 heterocycles. The third-order valence-corrected chi connectivity index (χ3v) is 9.15. The van der Waals surface area contributed by atoms with Gasteiger partial charge in [-0.3, -0.25) is 4.79 Å². The number of piperidine rings is 1. The number of nitrogens with zero attached hydrogens (tertiary/aromatic N) is 2. The Morgan fingerprint density at radius 3 is 2.56 bits per heavy atom. The highest BCUT2D eigenvalue weighted by Crippen LogP contribution is 2.38. The maximum absolute atomic E-state index is 13.4. The molecule has 0 spiro atoms. The Hall–Kier alpha value is -2.48. The second-order valence-corrected chi connectivity index (χ2v) is 11.5. The quantitative estimate of drug-likeness (QED) is 0.448.